The number of nitriles is 1. The first-order valence-electron chi connectivity index (χ1n) is 7.40. The summed E-state index contributed by atoms with van der Waals surface area (Å²) in [5.74, 6) is -0.413. The number of amides is 2. The van der Waals surface area contributed by atoms with Gasteiger partial charge in [-0.1, -0.05) is 12.1 Å². The van der Waals surface area contributed by atoms with Crippen LogP contribution in [0.1, 0.15) is 21.5 Å². The van der Waals surface area contributed by atoms with Crippen LogP contribution in [-0.4, -0.2) is 25.4 Å². The van der Waals surface area contributed by atoms with Crippen LogP contribution in [0.3, 0.4) is 0 Å². The monoisotopic (exact) mass is 322 g/mol. The second kappa shape index (κ2) is 7.79. The van der Waals surface area contributed by atoms with Crippen LogP contribution in [0.25, 0.3) is 0 Å². The summed E-state index contributed by atoms with van der Waals surface area (Å²) in [4.78, 5) is 23.8. The summed E-state index contributed by atoms with van der Waals surface area (Å²) in [6.45, 7) is 1.87. The van der Waals surface area contributed by atoms with Crippen molar-refractivity contribution in [1.29, 1.82) is 5.26 Å². The Morgan fingerprint density at radius 3 is 2.62 bits per heavy atom. The molecule has 0 spiro atoms. The van der Waals surface area contributed by atoms with E-state index in [2.05, 4.69) is 16.0 Å². The molecule has 0 aliphatic carbocycles. The highest BCUT2D eigenvalue weighted by atomic mass is 16.2. The second-order valence-corrected chi connectivity index (χ2v) is 5.15. The molecule has 0 aliphatic rings. The number of carbonyl (C=O) groups is 2. The summed E-state index contributed by atoms with van der Waals surface area (Å²) in [7, 11) is 1.57. The van der Waals surface area contributed by atoms with E-state index in [4.69, 9.17) is 5.26 Å². The summed E-state index contributed by atoms with van der Waals surface area (Å²) >= 11 is 0. The van der Waals surface area contributed by atoms with Gasteiger partial charge in [0.05, 0.1) is 18.2 Å². The second-order valence-electron chi connectivity index (χ2n) is 5.15. The number of hydrogen-bond donors (Lipinski definition) is 3. The number of benzene rings is 2. The van der Waals surface area contributed by atoms with E-state index < -0.39 is 0 Å². The van der Waals surface area contributed by atoms with E-state index in [1.165, 1.54) is 0 Å². The molecule has 6 heteroatoms. The fourth-order valence-corrected chi connectivity index (χ4v) is 2.25. The molecule has 2 aromatic carbocycles. The predicted octanol–water partition coefficient (Wildman–Crippen LogP) is 2.28. The van der Waals surface area contributed by atoms with Crippen molar-refractivity contribution in [1.82, 2.24) is 5.32 Å². The lowest BCUT2D eigenvalue weighted by Crippen LogP contribution is -2.23. The molecule has 0 bridgehead atoms. The number of hydrogen-bond acceptors (Lipinski definition) is 4. The largest absolute Gasteiger partial charge is 0.376 e. The number of nitrogens with one attached hydrogen (secondary N) is 3. The first-order valence-corrected chi connectivity index (χ1v) is 7.40. The van der Waals surface area contributed by atoms with Crippen LogP contribution >= 0.6 is 0 Å². The summed E-state index contributed by atoms with van der Waals surface area (Å²) in [5, 5.41) is 17.2. The van der Waals surface area contributed by atoms with Crippen LogP contribution in [-0.2, 0) is 4.79 Å². The number of nitrogens with zero attached hydrogens (tertiary/aromatic N) is 1. The lowest BCUT2D eigenvalue weighted by Gasteiger charge is -2.13. The minimum atomic E-state index is -0.241. The Balaban J connectivity index is 2.02. The van der Waals surface area contributed by atoms with Crippen molar-refractivity contribution >= 4 is 23.2 Å². The Kier molecular flexibility index (Phi) is 5.53. The van der Waals surface area contributed by atoms with E-state index in [-0.39, 0.29) is 18.4 Å². The van der Waals surface area contributed by atoms with Gasteiger partial charge in [0.2, 0.25) is 5.91 Å². The molecule has 0 saturated carbocycles. The Bertz CT molecular complexity index is 809. The van der Waals surface area contributed by atoms with Crippen molar-refractivity contribution < 1.29 is 9.59 Å². The van der Waals surface area contributed by atoms with Gasteiger partial charge in [-0.3, -0.25) is 9.59 Å². The van der Waals surface area contributed by atoms with E-state index in [1.54, 1.807) is 43.4 Å². The summed E-state index contributed by atoms with van der Waals surface area (Å²) in [6, 6.07) is 14.0. The van der Waals surface area contributed by atoms with Gasteiger partial charge in [-0.25, -0.2) is 0 Å². The van der Waals surface area contributed by atoms with Gasteiger partial charge in [0.25, 0.3) is 5.91 Å². The predicted molar refractivity (Wildman–Crippen MR) is 92.8 cm³/mol. The summed E-state index contributed by atoms with van der Waals surface area (Å²) < 4.78 is 0. The molecule has 2 amide bonds. The minimum absolute atomic E-state index is 0.0504. The molecule has 0 aliphatic heterocycles. The fraction of sp³-hybridized carbons (Fsp3) is 0.167. The van der Waals surface area contributed by atoms with E-state index >= 15 is 0 Å². The van der Waals surface area contributed by atoms with E-state index in [9.17, 15) is 9.59 Å². The Labute approximate surface area is 140 Å². The lowest BCUT2D eigenvalue weighted by molar-refractivity contribution is -0.114. The summed E-state index contributed by atoms with van der Waals surface area (Å²) in [5.41, 5.74) is 3.10. The number of anilines is 2. The van der Waals surface area contributed by atoms with Crippen molar-refractivity contribution in [2.24, 2.45) is 0 Å². The van der Waals surface area contributed by atoms with Gasteiger partial charge in [0.15, 0.2) is 0 Å². The maximum atomic E-state index is 12.0. The molecule has 0 radical (unpaired) electrons. The van der Waals surface area contributed by atoms with Gasteiger partial charge in [0, 0.05) is 24.0 Å². The SMILES string of the molecule is CNC(=O)c1cccc(NCC(=O)Nc2cccc(C#N)c2)c1C. The zero-order chi connectivity index (χ0) is 17.5. The van der Waals surface area contributed by atoms with Crippen molar-refractivity contribution in [3.05, 3.63) is 59.2 Å². The molecule has 24 heavy (non-hydrogen) atoms. The third-order valence-corrected chi connectivity index (χ3v) is 3.52. The topological polar surface area (TPSA) is 94.0 Å². The van der Waals surface area contributed by atoms with Gasteiger partial charge in [0.1, 0.15) is 0 Å². The Morgan fingerprint density at radius 1 is 1.17 bits per heavy atom. The van der Waals surface area contributed by atoms with Crippen LogP contribution < -0.4 is 16.0 Å². The minimum Gasteiger partial charge on any atom is -0.376 e. The van der Waals surface area contributed by atoms with E-state index in [0.717, 1.165) is 11.3 Å². The van der Waals surface area contributed by atoms with Crippen LogP contribution in [0.15, 0.2) is 42.5 Å². The molecular formula is C18H18N4O2. The van der Waals surface area contributed by atoms with Crippen LogP contribution in [0.4, 0.5) is 11.4 Å². The fourth-order valence-electron chi connectivity index (χ4n) is 2.25. The molecule has 0 saturated heterocycles. The van der Waals surface area contributed by atoms with Crippen molar-refractivity contribution in [2.75, 3.05) is 24.2 Å². The molecule has 2 aromatic rings. The van der Waals surface area contributed by atoms with Gasteiger partial charge in [-0.05, 0) is 42.8 Å². The molecule has 0 atom stereocenters. The van der Waals surface area contributed by atoms with E-state index in [1.807, 2.05) is 19.1 Å². The highest BCUT2D eigenvalue weighted by molar-refractivity contribution is 5.97. The van der Waals surface area contributed by atoms with Gasteiger partial charge >= 0.3 is 0 Å². The zero-order valence-electron chi connectivity index (χ0n) is 13.5. The quantitative estimate of drug-likeness (QED) is 0.787. The standard InChI is InChI=1S/C18H18N4O2/c1-12-15(18(24)20-2)7-4-8-16(12)21-11-17(23)22-14-6-3-5-13(9-14)10-19/h3-9,21H,11H2,1-2H3,(H,20,24)(H,22,23). The molecule has 2 rings (SSSR count). The van der Waals surface area contributed by atoms with Gasteiger partial charge < -0.3 is 16.0 Å². The Hall–Kier alpha value is -3.33. The molecule has 6 nitrogen and oxygen atoms in total. The molecule has 0 unspecified atom stereocenters. The first-order chi connectivity index (χ1) is 11.5. The van der Waals surface area contributed by atoms with Crippen LogP contribution in [0.5, 0.6) is 0 Å². The molecule has 122 valence electrons. The lowest BCUT2D eigenvalue weighted by atomic mass is 10.1. The number of carbonyl (C=O) groups excluding carboxylic acids is 2. The highest BCUT2D eigenvalue weighted by Crippen LogP contribution is 2.18. The van der Waals surface area contributed by atoms with Gasteiger partial charge in [-0.2, -0.15) is 5.26 Å². The average Bonchev–Trinajstić information content (AvgIpc) is 2.60. The van der Waals surface area contributed by atoms with Crippen LogP contribution in [0.2, 0.25) is 0 Å². The Morgan fingerprint density at radius 2 is 1.92 bits per heavy atom. The molecular weight excluding hydrogens is 304 g/mol. The highest BCUT2D eigenvalue weighted by Gasteiger charge is 2.11. The first kappa shape index (κ1) is 17.0. The third kappa shape index (κ3) is 4.11. The smallest absolute Gasteiger partial charge is 0.251 e. The maximum Gasteiger partial charge on any atom is 0.251 e. The average molecular weight is 322 g/mol. The zero-order valence-corrected chi connectivity index (χ0v) is 13.5. The van der Waals surface area contributed by atoms with Crippen molar-refractivity contribution in [2.45, 2.75) is 6.92 Å². The molecule has 0 fully saturated rings. The number of rotatable bonds is 5. The van der Waals surface area contributed by atoms with Crippen LogP contribution in [0, 0.1) is 18.3 Å². The molecule has 0 aromatic heterocycles. The van der Waals surface area contributed by atoms with Crippen molar-refractivity contribution in [3.8, 4) is 6.07 Å². The normalized spacial score (nSPS) is 9.71. The van der Waals surface area contributed by atoms with Crippen molar-refractivity contribution in [3.63, 3.8) is 0 Å². The third-order valence-electron chi connectivity index (χ3n) is 3.52. The summed E-state index contributed by atoms with van der Waals surface area (Å²) in [6.07, 6.45) is 0. The van der Waals surface area contributed by atoms with E-state index in [0.29, 0.717) is 16.8 Å². The molecule has 3 N–H and O–H groups in total. The van der Waals surface area contributed by atoms with Gasteiger partial charge in [-0.15, -0.1) is 0 Å². The maximum absolute atomic E-state index is 12.0. The molecule has 0 heterocycles.